The fourth-order valence-electron chi connectivity index (χ4n) is 3.06. The SMILES string of the molecule is CC(C)[C@@H](CO)NC(=O)c1ccc(NC(=O)N2Cc3ccccc3C2)cc1. The molecule has 0 aromatic heterocycles. The lowest BCUT2D eigenvalue weighted by molar-refractivity contribution is 0.0897. The molecule has 3 rings (SSSR count). The van der Waals surface area contributed by atoms with Gasteiger partial charge in [0.2, 0.25) is 0 Å². The molecule has 0 saturated heterocycles. The van der Waals surface area contributed by atoms with Crippen molar-refractivity contribution in [2.75, 3.05) is 11.9 Å². The fraction of sp³-hybridized carbons (Fsp3) is 0.333. The van der Waals surface area contributed by atoms with Crippen molar-refractivity contribution in [1.29, 1.82) is 0 Å². The molecule has 0 aliphatic carbocycles. The van der Waals surface area contributed by atoms with Crippen LogP contribution in [-0.4, -0.2) is 34.6 Å². The van der Waals surface area contributed by atoms with E-state index in [1.165, 1.54) is 11.1 Å². The maximum atomic E-state index is 12.5. The van der Waals surface area contributed by atoms with Gasteiger partial charge in [-0.25, -0.2) is 4.79 Å². The van der Waals surface area contributed by atoms with Crippen molar-refractivity contribution in [2.24, 2.45) is 5.92 Å². The molecule has 1 heterocycles. The lowest BCUT2D eigenvalue weighted by atomic mass is 10.0. The van der Waals surface area contributed by atoms with Gasteiger partial charge in [0.05, 0.1) is 12.6 Å². The van der Waals surface area contributed by atoms with Gasteiger partial charge >= 0.3 is 6.03 Å². The zero-order valence-electron chi connectivity index (χ0n) is 15.6. The lowest BCUT2D eigenvalue weighted by Gasteiger charge is -2.20. The summed E-state index contributed by atoms with van der Waals surface area (Å²) in [5.74, 6) is -0.0993. The van der Waals surface area contributed by atoms with Gasteiger partial charge in [-0.2, -0.15) is 0 Å². The number of urea groups is 1. The first-order chi connectivity index (χ1) is 13.0. The summed E-state index contributed by atoms with van der Waals surface area (Å²) in [5.41, 5.74) is 3.46. The first kappa shape index (κ1) is 18.9. The Hall–Kier alpha value is -2.86. The van der Waals surface area contributed by atoms with Gasteiger partial charge in [-0.3, -0.25) is 4.79 Å². The Morgan fingerprint density at radius 3 is 2.15 bits per heavy atom. The average Bonchev–Trinajstić information content (AvgIpc) is 3.10. The second-order valence-corrected chi connectivity index (χ2v) is 7.14. The molecule has 2 aromatic rings. The summed E-state index contributed by atoms with van der Waals surface area (Å²) < 4.78 is 0. The van der Waals surface area contributed by atoms with E-state index in [1.807, 2.05) is 38.1 Å². The summed E-state index contributed by atoms with van der Waals surface area (Å²) in [6.07, 6.45) is 0. The molecule has 1 aliphatic rings. The van der Waals surface area contributed by atoms with Crippen LogP contribution < -0.4 is 10.6 Å². The number of aliphatic hydroxyl groups excluding tert-OH is 1. The van der Waals surface area contributed by atoms with Crippen molar-refractivity contribution in [1.82, 2.24) is 10.2 Å². The number of carbonyl (C=O) groups excluding carboxylic acids is 2. The van der Waals surface area contributed by atoms with Gasteiger partial charge in [0.1, 0.15) is 0 Å². The van der Waals surface area contributed by atoms with Gasteiger partial charge in [0, 0.05) is 24.3 Å². The Bertz CT molecular complexity index is 793. The Morgan fingerprint density at radius 1 is 1.04 bits per heavy atom. The number of rotatable bonds is 5. The van der Waals surface area contributed by atoms with Gasteiger partial charge in [0.25, 0.3) is 5.91 Å². The number of nitrogens with one attached hydrogen (secondary N) is 2. The number of hydrogen-bond acceptors (Lipinski definition) is 3. The molecule has 1 atom stereocenters. The zero-order valence-corrected chi connectivity index (χ0v) is 15.6. The van der Waals surface area contributed by atoms with Crippen molar-refractivity contribution in [2.45, 2.75) is 33.0 Å². The van der Waals surface area contributed by atoms with E-state index >= 15 is 0 Å². The van der Waals surface area contributed by atoms with Gasteiger partial charge in [-0.15, -0.1) is 0 Å². The highest BCUT2D eigenvalue weighted by Gasteiger charge is 2.23. The van der Waals surface area contributed by atoms with E-state index in [-0.39, 0.29) is 30.5 Å². The quantitative estimate of drug-likeness (QED) is 0.760. The molecule has 27 heavy (non-hydrogen) atoms. The Morgan fingerprint density at radius 2 is 1.63 bits per heavy atom. The van der Waals surface area contributed by atoms with E-state index in [0.717, 1.165) is 0 Å². The third kappa shape index (κ3) is 4.46. The monoisotopic (exact) mass is 367 g/mol. The first-order valence-corrected chi connectivity index (χ1v) is 9.12. The Balaban J connectivity index is 1.58. The van der Waals surface area contributed by atoms with Crippen molar-refractivity contribution in [3.8, 4) is 0 Å². The number of benzene rings is 2. The maximum absolute atomic E-state index is 12.5. The molecule has 2 aromatic carbocycles. The molecule has 1 aliphatic heterocycles. The highest BCUT2D eigenvalue weighted by atomic mass is 16.3. The van der Waals surface area contributed by atoms with Crippen LogP contribution in [-0.2, 0) is 13.1 Å². The van der Waals surface area contributed by atoms with Crippen LogP contribution in [0, 0.1) is 5.92 Å². The van der Waals surface area contributed by atoms with Crippen molar-refractivity contribution in [3.63, 3.8) is 0 Å². The summed E-state index contributed by atoms with van der Waals surface area (Å²) in [6.45, 7) is 4.98. The maximum Gasteiger partial charge on any atom is 0.322 e. The number of nitrogens with zero attached hydrogens (tertiary/aromatic N) is 1. The molecule has 3 N–H and O–H groups in total. The minimum absolute atomic E-state index is 0.101. The summed E-state index contributed by atoms with van der Waals surface area (Å²) in [7, 11) is 0. The highest BCUT2D eigenvalue weighted by Crippen LogP contribution is 2.23. The lowest BCUT2D eigenvalue weighted by Crippen LogP contribution is -2.41. The predicted molar refractivity (Wildman–Crippen MR) is 104 cm³/mol. The number of carbonyl (C=O) groups is 2. The molecular weight excluding hydrogens is 342 g/mol. The molecule has 6 heteroatoms. The normalized spacial score (nSPS) is 14.0. The van der Waals surface area contributed by atoms with Crippen LogP contribution >= 0.6 is 0 Å². The summed E-state index contributed by atoms with van der Waals surface area (Å²) >= 11 is 0. The minimum atomic E-state index is -0.284. The fourth-order valence-corrected chi connectivity index (χ4v) is 3.06. The third-order valence-corrected chi connectivity index (χ3v) is 4.84. The summed E-state index contributed by atoms with van der Waals surface area (Å²) in [5, 5.41) is 15.0. The molecule has 142 valence electrons. The van der Waals surface area contributed by atoms with Crippen LogP contribution in [0.4, 0.5) is 10.5 Å². The van der Waals surface area contributed by atoms with Crippen LogP contribution in [0.1, 0.15) is 35.3 Å². The largest absolute Gasteiger partial charge is 0.394 e. The number of anilines is 1. The second kappa shape index (κ2) is 8.22. The smallest absolute Gasteiger partial charge is 0.322 e. The topological polar surface area (TPSA) is 81.7 Å². The summed E-state index contributed by atoms with van der Waals surface area (Å²) in [6, 6.07) is 14.3. The predicted octanol–water partition coefficient (Wildman–Crippen LogP) is 2.98. The van der Waals surface area contributed by atoms with Gasteiger partial charge < -0.3 is 20.6 Å². The zero-order chi connectivity index (χ0) is 19.4. The van der Waals surface area contributed by atoms with Gasteiger partial charge in [0.15, 0.2) is 0 Å². The molecule has 0 radical (unpaired) electrons. The first-order valence-electron chi connectivity index (χ1n) is 9.12. The van der Waals surface area contributed by atoms with Gasteiger partial charge in [-0.05, 0) is 41.3 Å². The van der Waals surface area contributed by atoms with Crippen LogP contribution in [0.3, 0.4) is 0 Å². The van der Waals surface area contributed by atoms with Crippen molar-refractivity contribution in [3.05, 3.63) is 65.2 Å². The van der Waals surface area contributed by atoms with Crippen LogP contribution in [0.2, 0.25) is 0 Å². The molecule has 0 saturated carbocycles. The Kier molecular flexibility index (Phi) is 5.76. The van der Waals surface area contributed by atoms with E-state index in [2.05, 4.69) is 10.6 Å². The minimum Gasteiger partial charge on any atom is -0.394 e. The third-order valence-electron chi connectivity index (χ3n) is 4.84. The van der Waals surface area contributed by atoms with Crippen molar-refractivity contribution < 1.29 is 14.7 Å². The van der Waals surface area contributed by atoms with E-state index in [1.54, 1.807) is 29.2 Å². The highest BCUT2D eigenvalue weighted by molar-refractivity contribution is 5.95. The van der Waals surface area contributed by atoms with Crippen LogP contribution in [0.25, 0.3) is 0 Å². The second-order valence-electron chi connectivity index (χ2n) is 7.14. The molecule has 0 bridgehead atoms. The standard InChI is InChI=1S/C21H25N3O3/c1-14(2)19(13-25)23-20(26)15-7-9-18(10-8-15)22-21(27)24-11-16-5-3-4-6-17(16)12-24/h3-10,14,19,25H,11-13H2,1-2H3,(H,22,27)(H,23,26)/t19-/m1/s1. The van der Waals surface area contributed by atoms with E-state index < -0.39 is 0 Å². The molecule has 0 fully saturated rings. The van der Waals surface area contributed by atoms with Crippen LogP contribution in [0.15, 0.2) is 48.5 Å². The van der Waals surface area contributed by atoms with Crippen molar-refractivity contribution >= 4 is 17.6 Å². The number of fused-ring (bicyclic) bond motifs is 1. The molecule has 0 spiro atoms. The average molecular weight is 367 g/mol. The van der Waals surface area contributed by atoms with E-state index in [9.17, 15) is 14.7 Å². The van der Waals surface area contributed by atoms with Gasteiger partial charge in [-0.1, -0.05) is 38.1 Å². The number of aliphatic hydroxyl groups is 1. The molecule has 3 amide bonds. The van der Waals surface area contributed by atoms with Crippen LogP contribution in [0.5, 0.6) is 0 Å². The summed E-state index contributed by atoms with van der Waals surface area (Å²) in [4.78, 5) is 26.5. The molecule has 0 unspecified atom stereocenters. The van der Waals surface area contributed by atoms with E-state index in [4.69, 9.17) is 0 Å². The molecular formula is C21H25N3O3. The van der Waals surface area contributed by atoms with E-state index in [0.29, 0.717) is 24.3 Å². The molecule has 6 nitrogen and oxygen atoms in total. The number of amides is 3. The Labute approximate surface area is 159 Å². The number of hydrogen-bond donors (Lipinski definition) is 3.